The van der Waals surface area contributed by atoms with Gasteiger partial charge in [0, 0.05) is 57.4 Å². The number of nitrogens with one attached hydrogen (secondary N) is 1. The van der Waals surface area contributed by atoms with Crippen molar-refractivity contribution >= 4 is 34.6 Å². The van der Waals surface area contributed by atoms with Crippen molar-refractivity contribution in [3.8, 4) is 0 Å². The lowest BCUT2D eigenvalue weighted by Gasteiger charge is -2.25. The van der Waals surface area contributed by atoms with Gasteiger partial charge in [0.25, 0.3) is 5.69 Å². The summed E-state index contributed by atoms with van der Waals surface area (Å²) in [4.78, 5) is 48.0. The Morgan fingerprint density at radius 3 is 2.55 bits per heavy atom. The summed E-state index contributed by atoms with van der Waals surface area (Å²) in [6.07, 6.45) is 0.0407. The van der Waals surface area contributed by atoms with Gasteiger partial charge in [-0.3, -0.25) is 24.7 Å². The third-order valence-electron chi connectivity index (χ3n) is 4.57. The number of benzene rings is 1. The number of thioether (sulfide) groups is 1. The van der Waals surface area contributed by atoms with E-state index in [2.05, 4.69) is 5.43 Å². The van der Waals surface area contributed by atoms with Gasteiger partial charge in [-0.2, -0.15) is 0 Å². The minimum Gasteiger partial charge on any atom is -0.445 e. The van der Waals surface area contributed by atoms with Gasteiger partial charge in [-0.1, -0.05) is 11.8 Å². The molecule has 1 fully saturated rings. The summed E-state index contributed by atoms with van der Waals surface area (Å²) in [7, 11) is 3.22. The first-order valence-electron chi connectivity index (χ1n) is 8.99. The topological polar surface area (TPSA) is 122 Å². The minimum absolute atomic E-state index is 0.0454. The largest absolute Gasteiger partial charge is 0.445 e. The quantitative estimate of drug-likeness (QED) is 0.520. The van der Waals surface area contributed by atoms with E-state index in [0.717, 1.165) is 11.8 Å². The van der Waals surface area contributed by atoms with Crippen LogP contribution in [-0.2, 0) is 20.9 Å². The molecule has 1 aromatic carbocycles. The number of hydrogen-bond acceptors (Lipinski definition) is 8. The molecule has 29 heavy (non-hydrogen) atoms. The molecule has 1 aliphatic rings. The average Bonchev–Trinajstić information content (AvgIpc) is 3.07. The number of carbonyl (C=O) groups excluding carboxylic acids is 3. The number of nitrogens with zero attached hydrogens (tertiary/aromatic N) is 3. The van der Waals surface area contributed by atoms with E-state index in [-0.39, 0.29) is 41.0 Å². The fourth-order valence-electron chi connectivity index (χ4n) is 3.02. The van der Waals surface area contributed by atoms with E-state index in [1.165, 1.54) is 41.1 Å². The Balaban J connectivity index is 2.01. The molecule has 2 amide bonds. The molecule has 1 aliphatic heterocycles. The summed E-state index contributed by atoms with van der Waals surface area (Å²) in [5.74, 6) is -0.181. The second kappa shape index (κ2) is 10.2. The zero-order valence-electron chi connectivity index (χ0n) is 16.5. The standard InChI is InChI=1S/C18H24N4O6S/c1-12(23)29-16-8-15(9-17(24)20(3)19-2)21(10-16)18(25)28-11-13-4-6-14(7-5-13)22(26)27/h4-7,15-16,19H,8-11H2,1-3H3/t15-,16-/m0/s1. The Morgan fingerprint density at radius 1 is 1.34 bits per heavy atom. The molecule has 2 atom stereocenters. The fraction of sp³-hybridized carbons (Fsp3) is 0.500. The van der Waals surface area contributed by atoms with Gasteiger partial charge in [-0.15, -0.1) is 0 Å². The first-order chi connectivity index (χ1) is 13.7. The lowest BCUT2D eigenvalue weighted by molar-refractivity contribution is -0.384. The molecule has 0 unspecified atom stereocenters. The lowest BCUT2D eigenvalue weighted by atomic mass is 10.1. The van der Waals surface area contributed by atoms with Crippen LogP contribution in [0.2, 0.25) is 0 Å². The van der Waals surface area contributed by atoms with Gasteiger partial charge in [-0.25, -0.2) is 10.2 Å². The summed E-state index contributed by atoms with van der Waals surface area (Å²) in [6.45, 7) is 1.73. The number of carbonyl (C=O) groups is 3. The molecule has 1 saturated heterocycles. The van der Waals surface area contributed by atoms with Crippen LogP contribution in [0.1, 0.15) is 25.3 Å². The molecule has 1 N–H and O–H groups in total. The zero-order chi connectivity index (χ0) is 21.6. The van der Waals surface area contributed by atoms with Crippen molar-refractivity contribution in [3.05, 3.63) is 39.9 Å². The third-order valence-corrected chi connectivity index (χ3v) is 5.58. The van der Waals surface area contributed by atoms with E-state index in [1.54, 1.807) is 14.1 Å². The Labute approximate surface area is 172 Å². The highest BCUT2D eigenvalue weighted by atomic mass is 32.2. The SMILES string of the molecule is CNN(C)C(=O)C[C@@H]1C[C@H](SC(C)=O)CN1C(=O)OCc1ccc([N+](=O)[O-])cc1. The number of amides is 2. The maximum Gasteiger partial charge on any atom is 0.410 e. The number of hydrazine groups is 1. The molecule has 0 aliphatic carbocycles. The van der Waals surface area contributed by atoms with Crippen molar-refractivity contribution in [1.29, 1.82) is 0 Å². The number of likely N-dealkylation sites (tertiary alicyclic amines) is 1. The number of non-ortho nitro benzene ring substituents is 1. The van der Waals surface area contributed by atoms with Gasteiger partial charge < -0.3 is 9.64 Å². The van der Waals surface area contributed by atoms with Crippen LogP contribution in [-0.4, -0.2) is 63.9 Å². The Hall–Kier alpha value is -2.66. The Kier molecular flexibility index (Phi) is 7.97. The molecular formula is C18H24N4O6S. The molecule has 10 nitrogen and oxygen atoms in total. The van der Waals surface area contributed by atoms with Crippen LogP contribution in [0.15, 0.2) is 24.3 Å². The smallest absolute Gasteiger partial charge is 0.410 e. The van der Waals surface area contributed by atoms with E-state index in [1.807, 2.05) is 0 Å². The highest BCUT2D eigenvalue weighted by Crippen LogP contribution is 2.30. The van der Waals surface area contributed by atoms with Crippen LogP contribution >= 0.6 is 11.8 Å². The monoisotopic (exact) mass is 424 g/mol. The maximum atomic E-state index is 12.6. The molecule has 2 rings (SSSR count). The van der Waals surface area contributed by atoms with Crippen molar-refractivity contribution in [2.75, 3.05) is 20.6 Å². The lowest BCUT2D eigenvalue weighted by Crippen LogP contribution is -2.43. The second-order valence-corrected chi connectivity index (χ2v) is 8.11. The molecule has 0 spiro atoms. The van der Waals surface area contributed by atoms with Crippen LogP contribution in [0, 0.1) is 10.1 Å². The minimum atomic E-state index is -0.583. The van der Waals surface area contributed by atoms with Crippen LogP contribution in [0.3, 0.4) is 0 Å². The number of hydrogen-bond donors (Lipinski definition) is 1. The van der Waals surface area contributed by atoms with E-state index >= 15 is 0 Å². The molecule has 11 heteroatoms. The zero-order valence-corrected chi connectivity index (χ0v) is 17.3. The van der Waals surface area contributed by atoms with E-state index in [0.29, 0.717) is 18.5 Å². The Morgan fingerprint density at radius 2 is 2.00 bits per heavy atom. The van der Waals surface area contributed by atoms with Gasteiger partial charge in [0.05, 0.1) is 4.92 Å². The summed E-state index contributed by atoms with van der Waals surface area (Å²) in [5, 5.41) is 11.9. The van der Waals surface area contributed by atoms with Crippen LogP contribution < -0.4 is 5.43 Å². The van der Waals surface area contributed by atoms with Crippen LogP contribution in [0.25, 0.3) is 0 Å². The molecular weight excluding hydrogens is 400 g/mol. The third kappa shape index (κ3) is 6.43. The van der Waals surface area contributed by atoms with E-state index in [9.17, 15) is 24.5 Å². The summed E-state index contributed by atoms with van der Waals surface area (Å²) in [6, 6.07) is 5.35. The van der Waals surface area contributed by atoms with Crippen molar-refractivity contribution < 1.29 is 24.0 Å². The fourth-order valence-corrected chi connectivity index (χ4v) is 4.04. The Bertz CT molecular complexity index is 772. The van der Waals surface area contributed by atoms with Crippen molar-refractivity contribution in [1.82, 2.24) is 15.3 Å². The van der Waals surface area contributed by atoms with Crippen molar-refractivity contribution in [2.45, 2.75) is 37.7 Å². The maximum absolute atomic E-state index is 12.6. The van der Waals surface area contributed by atoms with Gasteiger partial charge in [-0.05, 0) is 24.1 Å². The summed E-state index contributed by atoms with van der Waals surface area (Å²) >= 11 is 1.15. The molecule has 1 heterocycles. The number of ether oxygens (including phenoxy) is 1. The molecule has 1 aromatic rings. The summed E-state index contributed by atoms with van der Waals surface area (Å²) < 4.78 is 5.35. The normalized spacial score (nSPS) is 18.4. The van der Waals surface area contributed by atoms with Gasteiger partial charge >= 0.3 is 6.09 Å². The number of nitro benzene ring substituents is 1. The molecule has 0 aromatic heterocycles. The van der Waals surface area contributed by atoms with Crippen molar-refractivity contribution in [2.24, 2.45) is 0 Å². The summed E-state index contributed by atoms with van der Waals surface area (Å²) in [5.41, 5.74) is 3.29. The highest BCUT2D eigenvalue weighted by molar-refractivity contribution is 8.14. The van der Waals surface area contributed by atoms with Gasteiger partial charge in [0.1, 0.15) is 6.61 Å². The molecule has 0 saturated carbocycles. The predicted octanol–water partition coefficient (Wildman–Crippen LogP) is 1.94. The van der Waals surface area contributed by atoms with Crippen LogP contribution in [0.4, 0.5) is 10.5 Å². The second-order valence-electron chi connectivity index (χ2n) is 6.63. The molecule has 0 bridgehead atoms. The van der Waals surface area contributed by atoms with E-state index < -0.39 is 11.0 Å². The first-order valence-corrected chi connectivity index (χ1v) is 9.87. The number of rotatable bonds is 7. The van der Waals surface area contributed by atoms with Crippen LogP contribution in [0.5, 0.6) is 0 Å². The van der Waals surface area contributed by atoms with Gasteiger partial charge in [0.15, 0.2) is 5.12 Å². The number of nitro groups is 1. The molecule has 158 valence electrons. The average molecular weight is 424 g/mol. The predicted molar refractivity (Wildman–Crippen MR) is 107 cm³/mol. The highest BCUT2D eigenvalue weighted by Gasteiger charge is 2.38. The molecule has 0 radical (unpaired) electrons. The van der Waals surface area contributed by atoms with Crippen molar-refractivity contribution in [3.63, 3.8) is 0 Å². The van der Waals surface area contributed by atoms with E-state index in [4.69, 9.17) is 4.74 Å². The first kappa shape index (κ1) is 22.6. The van der Waals surface area contributed by atoms with Gasteiger partial charge in [0.2, 0.25) is 5.91 Å².